The minimum atomic E-state index is -0.267. The third-order valence-electron chi connectivity index (χ3n) is 8.94. The van der Waals surface area contributed by atoms with Crippen LogP contribution in [-0.2, 0) is 0 Å². The minimum Gasteiger partial charge on any atom is -0.456 e. The molecule has 8 aromatic rings. The molecule has 4 heteroatoms. The molecule has 7 aromatic carbocycles. The van der Waals surface area contributed by atoms with E-state index in [1.165, 1.54) is 21.9 Å². The van der Waals surface area contributed by atoms with E-state index in [-0.39, 0.29) is 6.17 Å². The lowest BCUT2D eigenvalue weighted by molar-refractivity contribution is 0.668. The Hall–Kier alpha value is -6.26. The van der Waals surface area contributed by atoms with Crippen molar-refractivity contribution in [1.82, 2.24) is 5.32 Å². The second kappa shape index (κ2) is 11.3. The van der Waals surface area contributed by atoms with Crippen LogP contribution in [0.1, 0.15) is 22.9 Å². The predicted octanol–water partition coefficient (Wildman–Crippen LogP) is 10.6. The van der Waals surface area contributed by atoms with Crippen molar-refractivity contribution in [3.05, 3.63) is 180 Å². The summed E-state index contributed by atoms with van der Waals surface area (Å²) in [7, 11) is 0. The summed E-state index contributed by atoms with van der Waals surface area (Å²) in [5.74, 6) is 1.47. The quantitative estimate of drug-likeness (QED) is 0.213. The molecule has 0 aliphatic carbocycles. The van der Waals surface area contributed by atoms with Gasteiger partial charge in [0.1, 0.15) is 23.2 Å². The largest absolute Gasteiger partial charge is 0.456 e. The maximum atomic E-state index is 6.48. The number of fused-ring (bicyclic) bond motifs is 4. The molecule has 1 atom stereocenters. The molecule has 2 heterocycles. The average Bonchev–Trinajstić information content (AvgIpc) is 3.53. The molecule has 0 fully saturated rings. The zero-order valence-electron chi connectivity index (χ0n) is 25.5. The van der Waals surface area contributed by atoms with Gasteiger partial charge in [-0.25, -0.2) is 9.98 Å². The Kier molecular flexibility index (Phi) is 6.50. The van der Waals surface area contributed by atoms with Gasteiger partial charge in [0.15, 0.2) is 5.84 Å². The van der Waals surface area contributed by atoms with E-state index in [4.69, 9.17) is 14.4 Å². The Labute approximate surface area is 272 Å². The second-order valence-electron chi connectivity index (χ2n) is 11.9. The minimum absolute atomic E-state index is 0.267. The van der Waals surface area contributed by atoms with Crippen LogP contribution in [0.2, 0.25) is 0 Å². The van der Waals surface area contributed by atoms with E-state index in [1.54, 1.807) is 0 Å². The molecule has 1 aliphatic heterocycles. The highest BCUT2D eigenvalue weighted by atomic mass is 16.3. The molecule has 0 radical (unpaired) electrons. The molecule has 4 nitrogen and oxygen atoms in total. The number of nitrogens with zero attached hydrogens (tertiary/aromatic N) is 2. The Morgan fingerprint density at radius 2 is 1.15 bits per heavy atom. The van der Waals surface area contributed by atoms with Gasteiger partial charge < -0.3 is 9.73 Å². The van der Waals surface area contributed by atoms with Crippen LogP contribution in [-0.4, -0.2) is 11.7 Å². The number of aliphatic imine (C=N–C) groups is 2. The molecule has 0 bridgehead atoms. The predicted molar refractivity (Wildman–Crippen MR) is 194 cm³/mol. The molecule has 0 saturated carbocycles. The SMILES string of the molecule is c1ccc(C2=NC(c3cccc4oc5cc(-c6ccc(-c7ccc8ccccc8c7)cc6)ccc5c34)=NC(c3ccccc3)N2)cc1. The van der Waals surface area contributed by atoms with Gasteiger partial charge in [-0.05, 0) is 62.9 Å². The third-order valence-corrected chi connectivity index (χ3v) is 8.94. The molecule has 47 heavy (non-hydrogen) atoms. The van der Waals surface area contributed by atoms with Crippen molar-refractivity contribution < 1.29 is 4.42 Å². The lowest BCUT2D eigenvalue weighted by Crippen LogP contribution is -2.33. The molecular formula is C43H29N3O. The summed E-state index contributed by atoms with van der Waals surface area (Å²) in [5, 5.41) is 8.11. The summed E-state index contributed by atoms with van der Waals surface area (Å²) in [5.41, 5.74) is 9.35. The van der Waals surface area contributed by atoms with Crippen LogP contribution in [0.5, 0.6) is 0 Å². The standard InChI is InChI=1S/C43H29N3O/c1-3-11-31(12-4-1)41-44-42(32-13-5-2-6-14-32)46-43(45-41)37-16-9-17-38-40(37)36-25-24-35(27-39(36)47-38)30-20-18-29(19-21-30)34-23-22-28-10-7-8-15-33(28)26-34/h1-27,41H,(H,44,45,46). The number of hydrogen-bond donors (Lipinski definition) is 1. The summed E-state index contributed by atoms with van der Waals surface area (Å²) in [6.45, 7) is 0. The van der Waals surface area contributed by atoms with Crippen molar-refractivity contribution >= 4 is 44.4 Å². The maximum absolute atomic E-state index is 6.48. The average molecular weight is 604 g/mol. The Bertz CT molecular complexity index is 2480. The first-order chi connectivity index (χ1) is 23.3. The van der Waals surface area contributed by atoms with Gasteiger partial charge in [-0.3, -0.25) is 0 Å². The van der Waals surface area contributed by atoms with Gasteiger partial charge >= 0.3 is 0 Å². The lowest BCUT2D eigenvalue weighted by atomic mass is 9.97. The first kappa shape index (κ1) is 27.1. The van der Waals surface area contributed by atoms with E-state index in [2.05, 4.69) is 121 Å². The summed E-state index contributed by atoms with van der Waals surface area (Å²) in [6.07, 6.45) is -0.267. The van der Waals surface area contributed by atoms with Crippen molar-refractivity contribution in [3.8, 4) is 22.3 Å². The number of hydrogen-bond acceptors (Lipinski definition) is 4. The topological polar surface area (TPSA) is 49.9 Å². The van der Waals surface area contributed by atoms with E-state index in [0.717, 1.165) is 55.6 Å². The zero-order chi connectivity index (χ0) is 31.2. The van der Waals surface area contributed by atoms with Crippen molar-refractivity contribution in [2.24, 2.45) is 9.98 Å². The molecule has 1 unspecified atom stereocenters. The molecule has 1 aromatic heterocycles. The fourth-order valence-corrected chi connectivity index (χ4v) is 6.53. The van der Waals surface area contributed by atoms with Crippen LogP contribution in [0.15, 0.2) is 178 Å². The van der Waals surface area contributed by atoms with Crippen LogP contribution in [0.3, 0.4) is 0 Å². The van der Waals surface area contributed by atoms with Crippen molar-refractivity contribution in [1.29, 1.82) is 0 Å². The highest BCUT2D eigenvalue weighted by Gasteiger charge is 2.23. The second-order valence-corrected chi connectivity index (χ2v) is 11.9. The third kappa shape index (κ3) is 4.97. The normalized spacial score (nSPS) is 14.6. The number of nitrogens with one attached hydrogen (secondary N) is 1. The van der Waals surface area contributed by atoms with Crippen LogP contribution in [0.4, 0.5) is 0 Å². The van der Waals surface area contributed by atoms with Crippen molar-refractivity contribution in [2.45, 2.75) is 6.17 Å². The van der Waals surface area contributed by atoms with Gasteiger partial charge in [-0.15, -0.1) is 0 Å². The van der Waals surface area contributed by atoms with Gasteiger partial charge in [-0.1, -0.05) is 140 Å². The molecule has 1 aliphatic rings. The highest BCUT2D eigenvalue weighted by Crippen LogP contribution is 2.36. The van der Waals surface area contributed by atoms with E-state index in [0.29, 0.717) is 5.84 Å². The maximum Gasteiger partial charge on any atom is 0.160 e. The Balaban J connectivity index is 1.10. The first-order valence-electron chi connectivity index (χ1n) is 15.9. The van der Waals surface area contributed by atoms with E-state index < -0.39 is 0 Å². The summed E-state index contributed by atoms with van der Waals surface area (Å²) >= 11 is 0. The van der Waals surface area contributed by atoms with Gasteiger partial charge in [-0.2, -0.15) is 0 Å². The van der Waals surface area contributed by atoms with Crippen LogP contribution in [0.25, 0.3) is 55.0 Å². The molecule has 0 amide bonds. The molecule has 0 saturated heterocycles. The van der Waals surface area contributed by atoms with E-state index in [1.807, 2.05) is 48.5 Å². The summed E-state index contributed by atoms with van der Waals surface area (Å²) in [6, 6.07) is 57.0. The summed E-state index contributed by atoms with van der Waals surface area (Å²) in [4.78, 5) is 10.2. The summed E-state index contributed by atoms with van der Waals surface area (Å²) < 4.78 is 6.48. The highest BCUT2D eigenvalue weighted by molar-refractivity contribution is 6.22. The number of rotatable bonds is 5. The Morgan fingerprint density at radius 1 is 0.489 bits per heavy atom. The van der Waals surface area contributed by atoms with Gasteiger partial charge in [0.25, 0.3) is 0 Å². The Morgan fingerprint density at radius 3 is 1.94 bits per heavy atom. The van der Waals surface area contributed by atoms with Gasteiger partial charge in [0, 0.05) is 21.9 Å². The van der Waals surface area contributed by atoms with Gasteiger partial charge in [0.05, 0.1) is 0 Å². The molecule has 1 N–H and O–H groups in total. The van der Waals surface area contributed by atoms with Crippen LogP contribution in [0, 0.1) is 0 Å². The van der Waals surface area contributed by atoms with Gasteiger partial charge in [0.2, 0.25) is 0 Å². The van der Waals surface area contributed by atoms with E-state index in [9.17, 15) is 0 Å². The fourth-order valence-electron chi connectivity index (χ4n) is 6.53. The molecule has 0 spiro atoms. The molecule has 9 rings (SSSR count). The van der Waals surface area contributed by atoms with E-state index >= 15 is 0 Å². The molecule has 222 valence electrons. The van der Waals surface area contributed by atoms with Crippen LogP contribution < -0.4 is 5.32 Å². The smallest absolute Gasteiger partial charge is 0.160 e. The van der Waals surface area contributed by atoms with Crippen molar-refractivity contribution in [3.63, 3.8) is 0 Å². The molecular weight excluding hydrogens is 574 g/mol. The first-order valence-corrected chi connectivity index (χ1v) is 15.9. The van der Waals surface area contributed by atoms with Crippen molar-refractivity contribution in [2.75, 3.05) is 0 Å². The van der Waals surface area contributed by atoms with Crippen LogP contribution >= 0.6 is 0 Å². The monoisotopic (exact) mass is 603 g/mol. The zero-order valence-corrected chi connectivity index (χ0v) is 25.5. The number of benzene rings is 7. The number of amidine groups is 2. The fraction of sp³-hybridized carbons (Fsp3) is 0.0233. The lowest BCUT2D eigenvalue weighted by Gasteiger charge is -2.23. The number of furan rings is 1.